The predicted octanol–water partition coefficient (Wildman–Crippen LogP) is 4.92. The van der Waals surface area contributed by atoms with Crippen LogP contribution in [0.2, 0.25) is 0 Å². The predicted molar refractivity (Wildman–Crippen MR) is 97.9 cm³/mol. The molecule has 0 aliphatic carbocycles. The molecule has 0 radical (unpaired) electrons. The Morgan fingerprint density at radius 3 is 2.69 bits per heavy atom. The maximum absolute atomic E-state index is 13.3. The number of unbranched alkanes of at least 4 members (excludes halogenated alkanes) is 1. The number of furan rings is 1. The summed E-state index contributed by atoms with van der Waals surface area (Å²) in [6, 6.07) is 11.3. The number of hydrogen-bond donors (Lipinski definition) is 0. The number of nitro groups is 1. The smallest absolute Gasteiger partial charge is 0.270 e. The fourth-order valence-electron chi connectivity index (χ4n) is 2.98. The molecule has 0 fully saturated rings. The van der Waals surface area contributed by atoms with Crippen LogP contribution >= 0.6 is 0 Å². The minimum Gasteiger partial charge on any atom is -0.496 e. The van der Waals surface area contributed by atoms with Crippen molar-refractivity contribution in [1.29, 1.82) is 0 Å². The van der Waals surface area contributed by atoms with Crippen molar-refractivity contribution in [2.24, 2.45) is 0 Å². The topological polar surface area (TPSA) is 82.6 Å². The van der Waals surface area contributed by atoms with Crippen molar-refractivity contribution in [3.63, 3.8) is 0 Å². The fraction of sp³-hybridized carbons (Fsp3) is 0.250. The first kappa shape index (κ1) is 17.7. The molecular formula is C20H19NO5. The van der Waals surface area contributed by atoms with Crippen LogP contribution in [-0.4, -0.2) is 17.8 Å². The highest BCUT2D eigenvalue weighted by Gasteiger charge is 2.25. The number of benzene rings is 2. The number of aryl methyl sites for hydroxylation is 1. The Morgan fingerprint density at radius 2 is 2.00 bits per heavy atom. The highest BCUT2D eigenvalue weighted by atomic mass is 16.6. The van der Waals surface area contributed by atoms with Crippen LogP contribution in [0, 0.1) is 10.1 Å². The zero-order chi connectivity index (χ0) is 18.7. The van der Waals surface area contributed by atoms with Gasteiger partial charge >= 0.3 is 0 Å². The van der Waals surface area contributed by atoms with Gasteiger partial charge in [0.1, 0.15) is 17.1 Å². The maximum Gasteiger partial charge on any atom is 0.270 e. The third-order valence-electron chi connectivity index (χ3n) is 4.29. The van der Waals surface area contributed by atoms with Gasteiger partial charge in [0, 0.05) is 23.9 Å². The lowest BCUT2D eigenvalue weighted by Gasteiger charge is -2.07. The van der Waals surface area contributed by atoms with E-state index in [1.165, 1.54) is 19.2 Å². The van der Waals surface area contributed by atoms with E-state index in [0.717, 1.165) is 12.8 Å². The number of para-hydroxylation sites is 1. The number of nitro benzene ring substituents is 1. The van der Waals surface area contributed by atoms with Gasteiger partial charge in [0.15, 0.2) is 0 Å². The monoisotopic (exact) mass is 353 g/mol. The minimum absolute atomic E-state index is 0.0746. The second-order valence-electron chi connectivity index (χ2n) is 5.97. The van der Waals surface area contributed by atoms with Crippen molar-refractivity contribution in [2.75, 3.05) is 7.11 Å². The van der Waals surface area contributed by atoms with Crippen LogP contribution in [0.15, 0.2) is 46.9 Å². The van der Waals surface area contributed by atoms with E-state index in [0.29, 0.717) is 40.0 Å². The second-order valence-corrected chi connectivity index (χ2v) is 5.97. The molecule has 0 amide bonds. The fourth-order valence-corrected chi connectivity index (χ4v) is 2.98. The van der Waals surface area contributed by atoms with Crippen molar-refractivity contribution in [3.8, 4) is 5.75 Å². The third-order valence-corrected chi connectivity index (χ3v) is 4.29. The van der Waals surface area contributed by atoms with Crippen LogP contribution < -0.4 is 4.74 Å². The number of hydrogen-bond acceptors (Lipinski definition) is 5. The van der Waals surface area contributed by atoms with Gasteiger partial charge in [-0.3, -0.25) is 14.9 Å². The Hall–Kier alpha value is -3.15. The Labute approximate surface area is 150 Å². The summed E-state index contributed by atoms with van der Waals surface area (Å²) in [5.74, 6) is 0.754. The zero-order valence-corrected chi connectivity index (χ0v) is 14.7. The summed E-state index contributed by atoms with van der Waals surface area (Å²) in [5, 5.41) is 11.6. The standard InChI is InChI=1S/C20H19NO5/c1-3-4-8-18-19(20(22)14-7-5-6-9-16(14)25-2)15-12-13(21(23)24)10-11-17(15)26-18/h5-7,9-12H,3-4,8H2,1-2H3. The Bertz CT molecular complexity index is 973. The number of methoxy groups -OCH3 is 1. The van der Waals surface area contributed by atoms with Gasteiger partial charge < -0.3 is 9.15 Å². The quantitative estimate of drug-likeness (QED) is 0.342. The first-order valence-corrected chi connectivity index (χ1v) is 8.44. The molecule has 0 N–H and O–H groups in total. The van der Waals surface area contributed by atoms with E-state index in [4.69, 9.17) is 9.15 Å². The summed E-state index contributed by atoms with van der Waals surface area (Å²) in [4.78, 5) is 23.9. The lowest BCUT2D eigenvalue weighted by atomic mass is 9.97. The third kappa shape index (κ3) is 3.18. The lowest BCUT2D eigenvalue weighted by Crippen LogP contribution is -2.06. The number of fused-ring (bicyclic) bond motifs is 1. The summed E-state index contributed by atoms with van der Waals surface area (Å²) >= 11 is 0. The van der Waals surface area contributed by atoms with E-state index in [1.807, 2.05) is 0 Å². The molecule has 0 saturated heterocycles. The average Bonchev–Trinajstić information content (AvgIpc) is 3.03. The molecule has 0 atom stereocenters. The van der Waals surface area contributed by atoms with Crippen LogP contribution in [0.1, 0.15) is 41.4 Å². The van der Waals surface area contributed by atoms with Crippen molar-refractivity contribution in [2.45, 2.75) is 26.2 Å². The Morgan fingerprint density at radius 1 is 1.23 bits per heavy atom. The molecule has 0 unspecified atom stereocenters. The van der Waals surface area contributed by atoms with E-state index in [9.17, 15) is 14.9 Å². The summed E-state index contributed by atoms with van der Waals surface area (Å²) in [5.41, 5.74) is 1.18. The number of nitrogens with zero attached hydrogens (tertiary/aromatic N) is 1. The van der Waals surface area contributed by atoms with Crippen LogP contribution in [0.25, 0.3) is 11.0 Å². The summed E-state index contributed by atoms with van der Waals surface area (Å²) < 4.78 is 11.2. The van der Waals surface area contributed by atoms with E-state index in [-0.39, 0.29) is 11.5 Å². The van der Waals surface area contributed by atoms with Gasteiger partial charge in [-0.2, -0.15) is 0 Å². The van der Waals surface area contributed by atoms with Crippen molar-refractivity contribution >= 4 is 22.4 Å². The highest BCUT2D eigenvalue weighted by molar-refractivity contribution is 6.18. The van der Waals surface area contributed by atoms with Crippen molar-refractivity contribution in [1.82, 2.24) is 0 Å². The first-order chi connectivity index (χ1) is 12.6. The summed E-state index contributed by atoms with van der Waals surface area (Å²) in [6.07, 6.45) is 2.39. The molecule has 1 heterocycles. The molecule has 0 aliphatic rings. The van der Waals surface area contributed by atoms with Crippen molar-refractivity contribution < 1.29 is 18.9 Å². The molecule has 0 spiro atoms. The zero-order valence-electron chi connectivity index (χ0n) is 14.7. The van der Waals surface area contributed by atoms with E-state index in [2.05, 4.69) is 6.92 Å². The van der Waals surface area contributed by atoms with Crippen LogP contribution in [0.5, 0.6) is 5.75 Å². The molecule has 6 nitrogen and oxygen atoms in total. The van der Waals surface area contributed by atoms with Gasteiger partial charge in [-0.15, -0.1) is 0 Å². The average molecular weight is 353 g/mol. The van der Waals surface area contributed by atoms with Gasteiger partial charge in [0.05, 0.1) is 23.2 Å². The molecule has 3 aromatic rings. The largest absolute Gasteiger partial charge is 0.496 e. The molecule has 0 saturated carbocycles. The van der Waals surface area contributed by atoms with Crippen LogP contribution in [-0.2, 0) is 6.42 Å². The summed E-state index contributed by atoms with van der Waals surface area (Å²) in [7, 11) is 1.50. The SMILES string of the molecule is CCCCc1oc2ccc([N+](=O)[O-])cc2c1C(=O)c1ccccc1OC. The highest BCUT2D eigenvalue weighted by Crippen LogP contribution is 2.33. The van der Waals surface area contributed by atoms with E-state index >= 15 is 0 Å². The van der Waals surface area contributed by atoms with Gasteiger partial charge in [-0.25, -0.2) is 0 Å². The van der Waals surface area contributed by atoms with Gasteiger partial charge in [0.2, 0.25) is 5.78 Å². The van der Waals surface area contributed by atoms with Crippen LogP contribution in [0.3, 0.4) is 0 Å². The molecule has 134 valence electrons. The number of carbonyl (C=O) groups excluding carboxylic acids is 1. The Balaban J connectivity index is 2.21. The van der Waals surface area contributed by atoms with Crippen molar-refractivity contribution in [3.05, 3.63) is 69.5 Å². The second kappa shape index (κ2) is 7.39. The van der Waals surface area contributed by atoms with E-state index in [1.54, 1.807) is 30.3 Å². The number of carbonyl (C=O) groups is 1. The molecule has 1 aromatic heterocycles. The Kier molecular flexibility index (Phi) is 5.02. The molecule has 3 rings (SSSR count). The molecule has 2 aromatic carbocycles. The molecule has 26 heavy (non-hydrogen) atoms. The van der Waals surface area contributed by atoms with E-state index < -0.39 is 4.92 Å². The molecule has 0 aliphatic heterocycles. The minimum atomic E-state index is -0.477. The normalized spacial score (nSPS) is 10.8. The molecule has 0 bridgehead atoms. The lowest BCUT2D eigenvalue weighted by molar-refractivity contribution is -0.384. The van der Waals surface area contributed by atoms with Gasteiger partial charge in [-0.05, 0) is 24.6 Å². The number of non-ortho nitro benzene ring substituents is 1. The maximum atomic E-state index is 13.3. The molecule has 6 heteroatoms. The number of ketones is 1. The van der Waals surface area contributed by atoms with Gasteiger partial charge in [0.25, 0.3) is 5.69 Å². The van der Waals surface area contributed by atoms with Crippen LogP contribution in [0.4, 0.5) is 5.69 Å². The molecular weight excluding hydrogens is 334 g/mol. The van der Waals surface area contributed by atoms with Gasteiger partial charge in [-0.1, -0.05) is 25.5 Å². The number of rotatable bonds is 7. The number of ether oxygens (including phenoxy) is 1. The first-order valence-electron chi connectivity index (χ1n) is 8.44. The summed E-state index contributed by atoms with van der Waals surface area (Å²) in [6.45, 7) is 2.05.